The van der Waals surface area contributed by atoms with Gasteiger partial charge >= 0.3 is 11.9 Å². The summed E-state index contributed by atoms with van der Waals surface area (Å²) < 4.78 is 5.20. The highest BCUT2D eigenvalue weighted by molar-refractivity contribution is 5.92. The van der Waals surface area contributed by atoms with Crippen LogP contribution in [-0.2, 0) is 28.7 Å². The fourth-order valence-corrected chi connectivity index (χ4v) is 8.52. The van der Waals surface area contributed by atoms with E-state index in [1.807, 2.05) is 19.9 Å². The Hall–Kier alpha value is -2.55. The number of fused-ring (bicyclic) bond motifs is 5. The van der Waals surface area contributed by atoms with Crippen molar-refractivity contribution in [1.82, 2.24) is 5.32 Å². The summed E-state index contributed by atoms with van der Waals surface area (Å²) >= 11 is 0. The van der Waals surface area contributed by atoms with Crippen LogP contribution in [-0.4, -0.2) is 57.9 Å². The summed E-state index contributed by atoms with van der Waals surface area (Å²) in [6.07, 6.45) is 7.87. The maximum atomic E-state index is 13.4. The average molecular weight is 560 g/mol. The number of aliphatic hydroxyl groups is 1. The summed E-state index contributed by atoms with van der Waals surface area (Å²) in [7, 11) is 0. The standard InChI is InChI=1S/C31H45NO8/c1-5-18(2)27(28(37)38)32-25(35)8-9-26(36)40-17-24(34)31(39)15-12-23-21-7-6-19-16-20(33)10-13-29(19,3)22(21)11-14-30(23,31)4/h16,18,21-23,27,39H,5-15,17H2,1-4H3,(H,32,35)(H,37,38)/t18-,21-,22+,23+,27-,29+,30+,31+/m1/s1. The van der Waals surface area contributed by atoms with Gasteiger partial charge in [0.2, 0.25) is 11.7 Å². The van der Waals surface area contributed by atoms with Crippen molar-refractivity contribution in [3.05, 3.63) is 11.6 Å². The number of carboxylic acids is 1. The molecule has 0 aromatic heterocycles. The molecule has 0 saturated heterocycles. The SMILES string of the molecule is CC[C@@H](C)[C@@H](NC(=O)CCC(=O)OCC(=O)[C@@]1(O)CC[C@H]2[C@@H]3CCC4=CC(=O)CC[C@]4(C)[C@H]3CC[C@@]21C)C(=O)O. The molecule has 0 aromatic carbocycles. The lowest BCUT2D eigenvalue weighted by Gasteiger charge is -2.58. The largest absolute Gasteiger partial charge is 0.480 e. The Labute approximate surface area is 236 Å². The first-order valence-electron chi connectivity index (χ1n) is 14.9. The molecule has 3 fully saturated rings. The Morgan fingerprint density at radius 3 is 2.42 bits per heavy atom. The summed E-state index contributed by atoms with van der Waals surface area (Å²) in [6.45, 7) is 7.31. The first-order valence-corrected chi connectivity index (χ1v) is 14.9. The molecule has 0 aliphatic heterocycles. The minimum atomic E-state index is -1.58. The first-order chi connectivity index (χ1) is 18.8. The van der Waals surface area contributed by atoms with Crippen LogP contribution in [0, 0.1) is 34.5 Å². The molecule has 40 heavy (non-hydrogen) atoms. The second kappa shape index (κ2) is 11.4. The topological polar surface area (TPSA) is 147 Å². The van der Waals surface area contributed by atoms with E-state index in [0.29, 0.717) is 37.5 Å². The van der Waals surface area contributed by atoms with Crippen molar-refractivity contribution in [2.75, 3.05) is 6.61 Å². The molecule has 1 amide bonds. The highest BCUT2D eigenvalue weighted by atomic mass is 16.5. The number of carbonyl (C=O) groups is 5. The number of nitrogens with one attached hydrogen (secondary N) is 1. The molecule has 4 aliphatic rings. The Bertz CT molecular complexity index is 1100. The van der Waals surface area contributed by atoms with Crippen molar-refractivity contribution in [1.29, 1.82) is 0 Å². The third-order valence-corrected chi connectivity index (χ3v) is 11.3. The number of Topliss-reactive ketones (excluding diaryl/α,β-unsaturated/α-hetero) is 1. The van der Waals surface area contributed by atoms with Crippen LogP contribution in [0.4, 0.5) is 0 Å². The molecule has 3 N–H and O–H groups in total. The van der Waals surface area contributed by atoms with E-state index in [1.54, 1.807) is 6.92 Å². The molecular weight excluding hydrogens is 514 g/mol. The van der Waals surface area contributed by atoms with Crippen molar-refractivity contribution >= 4 is 29.4 Å². The number of esters is 1. The molecule has 0 radical (unpaired) electrons. The van der Waals surface area contributed by atoms with Gasteiger partial charge in [-0.25, -0.2) is 4.79 Å². The number of hydrogen-bond donors (Lipinski definition) is 3. The molecule has 9 heteroatoms. The summed E-state index contributed by atoms with van der Waals surface area (Å²) in [4.78, 5) is 61.4. The molecule has 0 aromatic rings. The number of carboxylic acid groups (broad SMARTS) is 1. The van der Waals surface area contributed by atoms with Crippen molar-refractivity contribution in [2.24, 2.45) is 34.5 Å². The Balaban J connectivity index is 1.33. The van der Waals surface area contributed by atoms with Gasteiger partial charge in [-0.2, -0.15) is 0 Å². The zero-order valence-electron chi connectivity index (χ0n) is 24.3. The molecule has 4 rings (SSSR count). The molecule has 8 atom stereocenters. The van der Waals surface area contributed by atoms with Crippen molar-refractivity contribution in [3.8, 4) is 0 Å². The van der Waals surface area contributed by atoms with Gasteiger partial charge in [0.05, 0.1) is 6.42 Å². The van der Waals surface area contributed by atoms with Gasteiger partial charge in [0.25, 0.3) is 0 Å². The second-order valence-corrected chi connectivity index (χ2v) is 13.2. The lowest BCUT2D eigenvalue weighted by molar-refractivity contribution is -0.170. The maximum absolute atomic E-state index is 13.4. The third-order valence-electron chi connectivity index (χ3n) is 11.3. The van der Waals surface area contributed by atoms with Gasteiger partial charge in [-0.3, -0.25) is 19.2 Å². The summed E-state index contributed by atoms with van der Waals surface area (Å²) in [5.74, 6) is -1.99. The van der Waals surface area contributed by atoms with Crippen LogP contribution < -0.4 is 5.32 Å². The first kappa shape index (κ1) is 30.4. The van der Waals surface area contributed by atoms with Crippen molar-refractivity contribution in [3.63, 3.8) is 0 Å². The third kappa shape index (κ3) is 5.26. The average Bonchev–Trinajstić information content (AvgIpc) is 3.20. The van der Waals surface area contributed by atoms with Gasteiger partial charge in [0.15, 0.2) is 12.4 Å². The molecule has 0 heterocycles. The lowest BCUT2D eigenvalue weighted by atomic mass is 9.46. The smallest absolute Gasteiger partial charge is 0.326 e. The van der Waals surface area contributed by atoms with Crippen LogP contribution in [0.15, 0.2) is 11.6 Å². The van der Waals surface area contributed by atoms with Gasteiger partial charge in [-0.1, -0.05) is 39.7 Å². The van der Waals surface area contributed by atoms with Crippen LogP contribution in [0.1, 0.15) is 98.3 Å². The van der Waals surface area contributed by atoms with Crippen molar-refractivity contribution in [2.45, 2.75) is 110 Å². The molecule has 9 nitrogen and oxygen atoms in total. The fraction of sp³-hybridized carbons (Fsp3) is 0.774. The number of allylic oxidation sites excluding steroid dienone is 1. The number of hydrogen-bond acceptors (Lipinski definition) is 7. The molecule has 0 bridgehead atoms. The molecule has 222 valence electrons. The summed E-state index contributed by atoms with van der Waals surface area (Å²) in [5.41, 5.74) is -0.910. The molecule has 3 saturated carbocycles. The van der Waals surface area contributed by atoms with Crippen molar-refractivity contribution < 1.29 is 38.9 Å². The van der Waals surface area contributed by atoms with Gasteiger partial charge in [0, 0.05) is 18.3 Å². The van der Waals surface area contributed by atoms with E-state index in [0.717, 1.165) is 32.1 Å². The maximum Gasteiger partial charge on any atom is 0.326 e. The second-order valence-electron chi connectivity index (χ2n) is 13.2. The highest BCUT2D eigenvalue weighted by Gasteiger charge is 2.66. The van der Waals surface area contributed by atoms with Crippen LogP contribution in [0.5, 0.6) is 0 Å². The van der Waals surface area contributed by atoms with E-state index >= 15 is 0 Å². The molecule has 0 spiro atoms. The normalized spacial score (nSPS) is 36.3. The number of ketones is 2. The van der Waals surface area contributed by atoms with Crippen LogP contribution in [0.3, 0.4) is 0 Å². The molecular formula is C31H45NO8. The summed E-state index contributed by atoms with van der Waals surface area (Å²) in [5, 5.41) is 23.6. The predicted octanol–water partition coefficient (Wildman–Crippen LogP) is 3.76. The zero-order chi connectivity index (χ0) is 29.5. The van der Waals surface area contributed by atoms with E-state index in [1.165, 1.54) is 5.57 Å². The number of ether oxygens (including phenoxy) is 1. The molecule has 4 aliphatic carbocycles. The monoisotopic (exact) mass is 559 g/mol. The minimum Gasteiger partial charge on any atom is -0.480 e. The zero-order valence-corrected chi connectivity index (χ0v) is 24.3. The van der Waals surface area contributed by atoms with E-state index in [4.69, 9.17) is 4.74 Å². The number of rotatable bonds is 10. The number of carbonyl (C=O) groups excluding carboxylic acids is 4. The summed E-state index contributed by atoms with van der Waals surface area (Å²) in [6, 6.07) is -1.04. The number of aliphatic carboxylic acids is 1. The highest BCUT2D eigenvalue weighted by Crippen LogP contribution is 2.67. The van der Waals surface area contributed by atoms with Gasteiger partial charge in [-0.15, -0.1) is 0 Å². The van der Waals surface area contributed by atoms with Gasteiger partial charge < -0.3 is 20.3 Å². The Kier molecular flexibility index (Phi) is 8.65. The van der Waals surface area contributed by atoms with Crippen LogP contribution in [0.2, 0.25) is 0 Å². The predicted molar refractivity (Wildman–Crippen MR) is 146 cm³/mol. The van der Waals surface area contributed by atoms with Gasteiger partial charge in [-0.05, 0) is 80.1 Å². The van der Waals surface area contributed by atoms with Crippen LogP contribution >= 0.6 is 0 Å². The van der Waals surface area contributed by atoms with E-state index in [-0.39, 0.29) is 35.9 Å². The fourth-order valence-electron chi connectivity index (χ4n) is 8.52. The van der Waals surface area contributed by atoms with E-state index in [9.17, 15) is 34.2 Å². The number of amides is 1. The quantitative estimate of drug-likeness (QED) is 0.343. The Morgan fingerprint density at radius 1 is 1.05 bits per heavy atom. The Morgan fingerprint density at radius 2 is 1.75 bits per heavy atom. The van der Waals surface area contributed by atoms with Crippen LogP contribution in [0.25, 0.3) is 0 Å². The molecule has 0 unspecified atom stereocenters. The minimum absolute atomic E-state index is 0.00373. The van der Waals surface area contributed by atoms with Gasteiger partial charge in [0.1, 0.15) is 11.6 Å². The lowest BCUT2D eigenvalue weighted by Crippen LogP contribution is -2.58. The van der Waals surface area contributed by atoms with E-state index in [2.05, 4.69) is 12.2 Å². The van der Waals surface area contributed by atoms with E-state index < -0.39 is 47.3 Å².